The van der Waals surface area contributed by atoms with E-state index in [4.69, 9.17) is 10.5 Å². The standard InChI is InChI=1S/C12H14N4O2/c1-2-18-12(17)11(9-4-3-6-14-8-9)16-7-5-10(13)15-16/h3-8,11H,2H2,1H3,(H2,13,15). The lowest BCUT2D eigenvalue weighted by molar-refractivity contribution is -0.146. The third-order valence-corrected chi connectivity index (χ3v) is 2.40. The molecule has 2 rings (SSSR count). The summed E-state index contributed by atoms with van der Waals surface area (Å²) in [4.78, 5) is 16.0. The molecule has 0 radical (unpaired) electrons. The number of nitrogen functional groups attached to an aromatic ring is 1. The van der Waals surface area contributed by atoms with E-state index >= 15 is 0 Å². The zero-order chi connectivity index (χ0) is 13.0. The Kier molecular flexibility index (Phi) is 3.57. The summed E-state index contributed by atoms with van der Waals surface area (Å²) in [5.74, 6) is -0.0261. The van der Waals surface area contributed by atoms with Crippen molar-refractivity contribution >= 4 is 11.8 Å². The number of aromatic nitrogens is 3. The van der Waals surface area contributed by atoms with Crippen molar-refractivity contribution in [2.24, 2.45) is 0 Å². The van der Waals surface area contributed by atoms with Gasteiger partial charge in [-0.1, -0.05) is 6.07 Å². The normalized spacial score (nSPS) is 12.1. The average Bonchev–Trinajstić information content (AvgIpc) is 2.78. The van der Waals surface area contributed by atoms with Crippen LogP contribution in [0.1, 0.15) is 18.5 Å². The van der Waals surface area contributed by atoms with E-state index in [0.29, 0.717) is 18.0 Å². The lowest BCUT2D eigenvalue weighted by atomic mass is 10.1. The molecule has 1 unspecified atom stereocenters. The molecule has 0 saturated carbocycles. The summed E-state index contributed by atoms with van der Waals surface area (Å²) >= 11 is 0. The van der Waals surface area contributed by atoms with Crippen LogP contribution in [0.3, 0.4) is 0 Å². The summed E-state index contributed by atoms with van der Waals surface area (Å²) in [6, 6.07) is 4.53. The van der Waals surface area contributed by atoms with Crippen LogP contribution in [0.4, 0.5) is 5.82 Å². The number of nitrogens with two attached hydrogens (primary N) is 1. The van der Waals surface area contributed by atoms with Gasteiger partial charge in [-0.2, -0.15) is 5.10 Å². The fourth-order valence-corrected chi connectivity index (χ4v) is 1.65. The van der Waals surface area contributed by atoms with Crippen LogP contribution in [-0.2, 0) is 9.53 Å². The number of ether oxygens (including phenoxy) is 1. The minimum absolute atomic E-state index is 0.312. The van der Waals surface area contributed by atoms with Gasteiger partial charge in [-0.15, -0.1) is 0 Å². The molecule has 0 aromatic carbocycles. The van der Waals surface area contributed by atoms with Crippen LogP contribution >= 0.6 is 0 Å². The predicted octanol–water partition coefficient (Wildman–Crippen LogP) is 1.01. The summed E-state index contributed by atoms with van der Waals surface area (Å²) in [6.45, 7) is 2.07. The molecule has 0 aliphatic rings. The highest BCUT2D eigenvalue weighted by Crippen LogP contribution is 2.19. The third-order valence-electron chi connectivity index (χ3n) is 2.40. The van der Waals surface area contributed by atoms with Crippen molar-refractivity contribution in [1.82, 2.24) is 14.8 Å². The van der Waals surface area contributed by atoms with Crippen LogP contribution < -0.4 is 5.73 Å². The summed E-state index contributed by atoms with van der Waals surface area (Å²) in [5.41, 5.74) is 6.28. The Morgan fingerprint density at radius 2 is 2.39 bits per heavy atom. The molecule has 0 saturated heterocycles. The molecule has 0 fully saturated rings. The maximum absolute atomic E-state index is 12.0. The van der Waals surface area contributed by atoms with Crippen molar-refractivity contribution in [2.45, 2.75) is 13.0 Å². The van der Waals surface area contributed by atoms with Crippen molar-refractivity contribution in [3.63, 3.8) is 0 Å². The number of pyridine rings is 1. The molecule has 18 heavy (non-hydrogen) atoms. The Bertz CT molecular complexity index is 524. The van der Waals surface area contributed by atoms with E-state index in [1.54, 1.807) is 43.7 Å². The molecule has 2 N–H and O–H groups in total. The number of hydrogen-bond donors (Lipinski definition) is 1. The number of esters is 1. The number of nitrogens with zero attached hydrogens (tertiary/aromatic N) is 3. The lowest BCUT2D eigenvalue weighted by Crippen LogP contribution is -2.24. The van der Waals surface area contributed by atoms with Gasteiger partial charge in [-0.25, -0.2) is 4.79 Å². The van der Waals surface area contributed by atoms with E-state index in [-0.39, 0.29) is 5.97 Å². The maximum atomic E-state index is 12.0. The molecular formula is C12H14N4O2. The van der Waals surface area contributed by atoms with Gasteiger partial charge in [-0.3, -0.25) is 9.67 Å². The quantitative estimate of drug-likeness (QED) is 0.814. The topological polar surface area (TPSA) is 83.0 Å². The van der Waals surface area contributed by atoms with Crippen LogP contribution in [0.2, 0.25) is 0 Å². The number of anilines is 1. The minimum atomic E-state index is -0.657. The fraction of sp³-hybridized carbons (Fsp3) is 0.250. The summed E-state index contributed by atoms with van der Waals surface area (Å²) in [7, 11) is 0. The number of carbonyl (C=O) groups excluding carboxylic acids is 1. The Balaban J connectivity index is 2.38. The van der Waals surface area contributed by atoms with E-state index in [9.17, 15) is 4.79 Å². The second kappa shape index (κ2) is 5.31. The predicted molar refractivity (Wildman–Crippen MR) is 65.6 cm³/mol. The molecule has 6 nitrogen and oxygen atoms in total. The van der Waals surface area contributed by atoms with E-state index < -0.39 is 6.04 Å². The summed E-state index contributed by atoms with van der Waals surface area (Å²) in [6.07, 6.45) is 4.90. The Morgan fingerprint density at radius 3 is 2.94 bits per heavy atom. The van der Waals surface area contributed by atoms with Gasteiger partial charge in [0.25, 0.3) is 0 Å². The molecule has 0 bridgehead atoms. The summed E-state index contributed by atoms with van der Waals surface area (Å²) in [5, 5.41) is 4.06. The van der Waals surface area contributed by atoms with Crippen molar-refractivity contribution in [3.05, 3.63) is 42.4 Å². The SMILES string of the molecule is CCOC(=O)C(c1cccnc1)n1ccc(N)n1. The first kappa shape index (κ1) is 12.1. The molecule has 0 aliphatic heterocycles. The van der Waals surface area contributed by atoms with Gasteiger partial charge in [0.05, 0.1) is 6.61 Å². The van der Waals surface area contributed by atoms with Crippen LogP contribution in [0, 0.1) is 0 Å². The molecule has 1 atom stereocenters. The van der Waals surface area contributed by atoms with E-state index in [1.807, 2.05) is 0 Å². The van der Waals surface area contributed by atoms with Gasteiger partial charge in [0.1, 0.15) is 5.82 Å². The van der Waals surface area contributed by atoms with Crippen molar-refractivity contribution in [2.75, 3.05) is 12.3 Å². The Hall–Kier alpha value is -2.37. The summed E-state index contributed by atoms with van der Waals surface area (Å²) < 4.78 is 6.53. The first-order chi connectivity index (χ1) is 8.72. The van der Waals surface area contributed by atoms with Crippen LogP contribution in [-0.4, -0.2) is 27.3 Å². The highest BCUT2D eigenvalue weighted by Gasteiger charge is 2.24. The Morgan fingerprint density at radius 1 is 1.56 bits per heavy atom. The molecule has 6 heteroatoms. The molecule has 2 aromatic heterocycles. The lowest BCUT2D eigenvalue weighted by Gasteiger charge is -2.15. The number of hydrogen-bond acceptors (Lipinski definition) is 5. The van der Waals surface area contributed by atoms with Gasteiger partial charge in [0, 0.05) is 24.2 Å². The highest BCUT2D eigenvalue weighted by molar-refractivity contribution is 5.77. The van der Waals surface area contributed by atoms with Gasteiger partial charge in [0.2, 0.25) is 0 Å². The smallest absolute Gasteiger partial charge is 0.335 e. The highest BCUT2D eigenvalue weighted by atomic mass is 16.5. The van der Waals surface area contributed by atoms with Crippen LogP contribution in [0.5, 0.6) is 0 Å². The molecular weight excluding hydrogens is 232 g/mol. The number of rotatable bonds is 4. The van der Waals surface area contributed by atoms with Gasteiger partial charge in [0.15, 0.2) is 6.04 Å². The largest absolute Gasteiger partial charge is 0.464 e. The monoisotopic (exact) mass is 246 g/mol. The van der Waals surface area contributed by atoms with Crippen LogP contribution in [0.25, 0.3) is 0 Å². The third kappa shape index (κ3) is 2.48. The zero-order valence-electron chi connectivity index (χ0n) is 9.98. The zero-order valence-corrected chi connectivity index (χ0v) is 9.98. The first-order valence-corrected chi connectivity index (χ1v) is 5.59. The van der Waals surface area contributed by atoms with Crippen LogP contribution in [0.15, 0.2) is 36.8 Å². The van der Waals surface area contributed by atoms with Gasteiger partial charge < -0.3 is 10.5 Å². The molecule has 2 aromatic rings. The van der Waals surface area contributed by atoms with Gasteiger partial charge >= 0.3 is 5.97 Å². The fourth-order valence-electron chi connectivity index (χ4n) is 1.65. The minimum Gasteiger partial charge on any atom is -0.464 e. The number of carbonyl (C=O) groups is 1. The van der Waals surface area contributed by atoms with E-state index in [2.05, 4.69) is 10.1 Å². The first-order valence-electron chi connectivity index (χ1n) is 5.59. The molecule has 0 aliphatic carbocycles. The molecule has 94 valence electrons. The van der Waals surface area contributed by atoms with Crippen molar-refractivity contribution in [1.29, 1.82) is 0 Å². The van der Waals surface area contributed by atoms with E-state index in [1.165, 1.54) is 4.68 Å². The molecule has 0 spiro atoms. The molecule has 2 heterocycles. The second-order valence-corrected chi connectivity index (χ2v) is 3.66. The molecule has 0 amide bonds. The Labute approximate surface area is 104 Å². The average molecular weight is 246 g/mol. The van der Waals surface area contributed by atoms with Crippen molar-refractivity contribution in [3.8, 4) is 0 Å². The van der Waals surface area contributed by atoms with E-state index in [0.717, 1.165) is 0 Å². The van der Waals surface area contributed by atoms with Crippen molar-refractivity contribution < 1.29 is 9.53 Å². The maximum Gasteiger partial charge on any atom is 0.335 e. The second-order valence-electron chi connectivity index (χ2n) is 3.66. The van der Waals surface area contributed by atoms with Gasteiger partial charge in [-0.05, 0) is 19.1 Å².